The Kier molecular flexibility index (Phi) is 21.6. The molecule has 6 heteroatoms. The van der Waals surface area contributed by atoms with Crippen molar-refractivity contribution < 1.29 is 23.0 Å². The predicted octanol–water partition coefficient (Wildman–Crippen LogP) is 8.26. The largest absolute Gasteiger partial charge is 0.472 e. The van der Waals surface area contributed by atoms with Gasteiger partial charge < -0.3 is 9.38 Å². The molecule has 0 aromatic heterocycles. The highest BCUT2D eigenvalue weighted by molar-refractivity contribution is 7.47. The lowest BCUT2D eigenvalue weighted by Gasteiger charge is -2.29. The minimum absolute atomic E-state index is 0.256. The molecule has 0 aromatic rings. The highest BCUT2D eigenvalue weighted by Gasteiger charge is 2.23. The zero-order chi connectivity index (χ0) is 24.0. The Morgan fingerprint density at radius 1 is 0.562 bits per heavy atom. The fourth-order valence-electron chi connectivity index (χ4n) is 3.96. The monoisotopic (exact) mass is 478 g/mol. The molecule has 5 nitrogen and oxygen atoms in total. The Morgan fingerprint density at radius 3 is 1.38 bits per heavy atom. The number of nitrogens with zero attached hydrogens (tertiary/aromatic N) is 1. The van der Waals surface area contributed by atoms with Crippen LogP contribution in [0, 0.1) is 0 Å². The van der Waals surface area contributed by atoms with Crippen molar-refractivity contribution in [2.45, 2.75) is 129 Å². The third-order valence-electron chi connectivity index (χ3n) is 6.32. The van der Waals surface area contributed by atoms with Crippen molar-refractivity contribution in [2.75, 3.05) is 40.4 Å². The summed E-state index contributed by atoms with van der Waals surface area (Å²) in [5.41, 5.74) is 0. The van der Waals surface area contributed by atoms with E-state index < -0.39 is 7.82 Å². The number of rotatable bonds is 25. The van der Waals surface area contributed by atoms with Crippen LogP contribution in [-0.4, -0.2) is 49.8 Å². The maximum atomic E-state index is 11.8. The maximum absolute atomic E-state index is 11.8. The summed E-state index contributed by atoms with van der Waals surface area (Å²) in [5, 5.41) is 0. The number of likely N-dealkylation sites (N-methyl/N-ethyl adjacent to an activating group) is 1. The van der Waals surface area contributed by atoms with E-state index in [4.69, 9.17) is 9.05 Å². The van der Waals surface area contributed by atoms with Crippen molar-refractivity contribution in [3.05, 3.63) is 0 Å². The fraction of sp³-hybridized carbons (Fsp3) is 1.00. The van der Waals surface area contributed by atoms with E-state index in [1.807, 2.05) is 6.92 Å². The van der Waals surface area contributed by atoms with Gasteiger partial charge in [0.05, 0.1) is 27.2 Å². The molecular weight excluding hydrogens is 421 g/mol. The first-order valence-corrected chi connectivity index (χ1v) is 15.3. The van der Waals surface area contributed by atoms with Crippen molar-refractivity contribution >= 4 is 7.82 Å². The molecule has 32 heavy (non-hydrogen) atoms. The van der Waals surface area contributed by atoms with Crippen LogP contribution < -0.4 is 0 Å². The Balaban J connectivity index is 3.45. The van der Waals surface area contributed by atoms with Crippen molar-refractivity contribution in [3.8, 4) is 0 Å². The van der Waals surface area contributed by atoms with Crippen LogP contribution in [0.25, 0.3) is 0 Å². The van der Waals surface area contributed by atoms with Gasteiger partial charge in [0, 0.05) is 0 Å². The summed E-state index contributed by atoms with van der Waals surface area (Å²) in [6.07, 6.45) is 23.9. The van der Waals surface area contributed by atoms with E-state index in [9.17, 15) is 9.46 Å². The standard InChI is InChI=1S/C26H56NO4P/c1-5-7-9-10-11-12-13-14-15-16-17-18-19-20-21-22-23-27(3,4)24-26-31-32(28,29)30-25-8-6-2/h5-26H2,1-4H3/p+1. The van der Waals surface area contributed by atoms with Crippen LogP contribution in [-0.2, 0) is 13.6 Å². The molecule has 1 N–H and O–H groups in total. The van der Waals surface area contributed by atoms with Crippen LogP contribution in [0.15, 0.2) is 0 Å². The molecule has 0 heterocycles. The van der Waals surface area contributed by atoms with Crippen LogP contribution in [0.2, 0.25) is 0 Å². The molecule has 0 fully saturated rings. The second kappa shape index (κ2) is 21.6. The molecule has 0 saturated carbocycles. The van der Waals surface area contributed by atoms with Gasteiger partial charge in [-0.2, -0.15) is 0 Å². The van der Waals surface area contributed by atoms with Gasteiger partial charge in [-0.1, -0.05) is 110 Å². The van der Waals surface area contributed by atoms with E-state index in [2.05, 4.69) is 21.0 Å². The van der Waals surface area contributed by atoms with Crippen molar-refractivity contribution in [1.82, 2.24) is 0 Å². The first-order valence-electron chi connectivity index (χ1n) is 13.8. The van der Waals surface area contributed by atoms with E-state index in [-0.39, 0.29) is 13.2 Å². The summed E-state index contributed by atoms with van der Waals surface area (Å²) in [6, 6.07) is 0. The average molecular weight is 479 g/mol. The Morgan fingerprint density at radius 2 is 0.938 bits per heavy atom. The predicted molar refractivity (Wildman–Crippen MR) is 138 cm³/mol. The minimum atomic E-state index is -3.88. The van der Waals surface area contributed by atoms with E-state index in [1.165, 1.54) is 103 Å². The normalized spacial score (nSPS) is 14.0. The maximum Gasteiger partial charge on any atom is 0.472 e. The van der Waals surface area contributed by atoms with Gasteiger partial charge in [0.25, 0.3) is 0 Å². The Hall–Kier alpha value is 0.0700. The van der Waals surface area contributed by atoms with Gasteiger partial charge in [0.2, 0.25) is 0 Å². The van der Waals surface area contributed by atoms with E-state index in [0.29, 0.717) is 0 Å². The second-order valence-corrected chi connectivity index (χ2v) is 11.6. The van der Waals surface area contributed by atoms with Crippen LogP contribution in [0.3, 0.4) is 0 Å². The highest BCUT2D eigenvalue weighted by atomic mass is 31.2. The van der Waals surface area contributed by atoms with Crippen LogP contribution in [0.5, 0.6) is 0 Å². The lowest BCUT2D eigenvalue weighted by molar-refractivity contribution is -0.890. The topological polar surface area (TPSA) is 55.8 Å². The lowest BCUT2D eigenvalue weighted by Crippen LogP contribution is -2.42. The van der Waals surface area contributed by atoms with Gasteiger partial charge in [0.15, 0.2) is 0 Å². The molecule has 0 aliphatic rings. The molecule has 0 spiro atoms. The molecule has 0 bridgehead atoms. The zero-order valence-corrected chi connectivity index (χ0v) is 23.0. The smallest absolute Gasteiger partial charge is 0.327 e. The van der Waals surface area contributed by atoms with Crippen LogP contribution in [0.1, 0.15) is 129 Å². The molecule has 1 unspecified atom stereocenters. The first-order chi connectivity index (χ1) is 15.3. The average Bonchev–Trinajstić information content (AvgIpc) is 2.73. The third-order valence-corrected chi connectivity index (χ3v) is 7.34. The van der Waals surface area contributed by atoms with Crippen molar-refractivity contribution in [1.29, 1.82) is 0 Å². The van der Waals surface area contributed by atoms with Crippen LogP contribution >= 0.6 is 7.82 Å². The molecular formula is C26H57NO4P+. The summed E-state index contributed by atoms with van der Waals surface area (Å²) < 4.78 is 22.7. The second-order valence-electron chi connectivity index (χ2n) is 10.2. The van der Waals surface area contributed by atoms with Gasteiger partial charge in [-0.3, -0.25) is 9.05 Å². The highest BCUT2D eigenvalue weighted by Crippen LogP contribution is 2.43. The molecule has 0 aliphatic heterocycles. The molecule has 0 rings (SSSR count). The first kappa shape index (κ1) is 32.1. The number of unbranched alkanes of at least 4 members (excludes halogenated alkanes) is 16. The summed E-state index contributed by atoms with van der Waals surface area (Å²) >= 11 is 0. The molecule has 0 aliphatic carbocycles. The van der Waals surface area contributed by atoms with Gasteiger partial charge in [-0.15, -0.1) is 0 Å². The summed E-state index contributed by atoms with van der Waals surface area (Å²) in [7, 11) is 0.441. The van der Waals surface area contributed by atoms with E-state index >= 15 is 0 Å². The molecule has 0 radical (unpaired) electrons. The van der Waals surface area contributed by atoms with E-state index in [1.54, 1.807) is 0 Å². The van der Waals surface area contributed by atoms with Gasteiger partial charge in [-0.05, 0) is 19.3 Å². The lowest BCUT2D eigenvalue weighted by atomic mass is 10.0. The van der Waals surface area contributed by atoms with Crippen molar-refractivity contribution in [3.63, 3.8) is 0 Å². The molecule has 0 aromatic carbocycles. The number of hydrogen-bond donors (Lipinski definition) is 1. The van der Waals surface area contributed by atoms with Gasteiger partial charge in [0.1, 0.15) is 13.2 Å². The van der Waals surface area contributed by atoms with Crippen molar-refractivity contribution in [2.24, 2.45) is 0 Å². The number of hydrogen-bond acceptors (Lipinski definition) is 3. The quantitative estimate of drug-likeness (QED) is 0.0815. The summed E-state index contributed by atoms with van der Waals surface area (Å²) in [4.78, 5) is 9.67. The zero-order valence-electron chi connectivity index (χ0n) is 22.1. The molecule has 1 atom stereocenters. The minimum Gasteiger partial charge on any atom is -0.327 e. The molecule has 194 valence electrons. The number of phosphoric acid groups is 1. The Labute approximate surface area is 200 Å². The van der Waals surface area contributed by atoms with E-state index in [0.717, 1.165) is 30.4 Å². The number of quaternary nitrogens is 1. The molecule has 0 amide bonds. The van der Waals surface area contributed by atoms with Gasteiger partial charge in [-0.25, -0.2) is 4.57 Å². The Bertz CT molecular complexity index is 446. The SMILES string of the molecule is CCCCCCCCCCCCCCCCCC[N+](C)(C)CCOP(=O)(O)OCCCC. The number of phosphoric ester groups is 1. The van der Waals surface area contributed by atoms with Gasteiger partial charge >= 0.3 is 7.82 Å². The third kappa shape index (κ3) is 23.2. The summed E-state index contributed by atoms with van der Waals surface area (Å²) in [6.45, 7) is 6.64. The molecule has 0 saturated heterocycles. The summed E-state index contributed by atoms with van der Waals surface area (Å²) in [5.74, 6) is 0. The fourth-order valence-corrected chi connectivity index (χ4v) is 4.71. The van der Waals surface area contributed by atoms with Crippen LogP contribution in [0.4, 0.5) is 0 Å².